The number of ketones is 1. The van der Waals surface area contributed by atoms with Crippen LogP contribution < -0.4 is 14.2 Å². The van der Waals surface area contributed by atoms with Crippen molar-refractivity contribution in [3.8, 4) is 23.0 Å². The Hall–Kier alpha value is -4.53. The average molecular weight is 565 g/mol. The van der Waals surface area contributed by atoms with Gasteiger partial charge < -0.3 is 28.8 Å². The Morgan fingerprint density at radius 1 is 0.683 bits per heavy atom. The molecular formula is C32H36O9. The summed E-state index contributed by atoms with van der Waals surface area (Å²) in [4.78, 5) is 39.0. The van der Waals surface area contributed by atoms with E-state index in [2.05, 4.69) is 0 Å². The standard InChI is InChI=1S/C32H36O9/c1-6-20-10-23(16-27(12-20)37-3)31(35)40-19-26(8-9-30(34)22-14-25(33)18-29(15-22)39-5)41-32(36)24-11-21(7-2)13-28(17-24)38-4/h10-18,26,33H,6-9,19H2,1-5H3. The fourth-order valence-corrected chi connectivity index (χ4v) is 4.15. The minimum Gasteiger partial charge on any atom is -0.508 e. The molecule has 41 heavy (non-hydrogen) atoms. The van der Waals surface area contributed by atoms with Crippen LogP contribution >= 0.6 is 0 Å². The number of hydrogen-bond acceptors (Lipinski definition) is 9. The third-order valence-corrected chi connectivity index (χ3v) is 6.51. The number of Topliss-reactive ketones (excluding diaryl/α,β-unsaturated/α-hetero) is 1. The second-order valence-corrected chi connectivity index (χ2v) is 9.35. The van der Waals surface area contributed by atoms with Crippen LogP contribution in [0.25, 0.3) is 0 Å². The van der Waals surface area contributed by atoms with Gasteiger partial charge >= 0.3 is 11.9 Å². The van der Waals surface area contributed by atoms with Gasteiger partial charge in [-0.1, -0.05) is 13.8 Å². The second kappa shape index (κ2) is 14.7. The number of carbonyl (C=O) groups is 3. The molecule has 3 rings (SSSR count). The van der Waals surface area contributed by atoms with Gasteiger partial charge in [0.15, 0.2) is 5.78 Å². The van der Waals surface area contributed by atoms with Gasteiger partial charge in [0.2, 0.25) is 0 Å². The first-order valence-electron chi connectivity index (χ1n) is 13.3. The number of rotatable bonds is 14. The van der Waals surface area contributed by atoms with Crippen molar-refractivity contribution in [2.75, 3.05) is 27.9 Å². The highest BCUT2D eigenvalue weighted by atomic mass is 16.6. The number of benzene rings is 3. The summed E-state index contributed by atoms with van der Waals surface area (Å²) in [5.41, 5.74) is 2.61. The Morgan fingerprint density at radius 2 is 1.20 bits per heavy atom. The van der Waals surface area contributed by atoms with Gasteiger partial charge in [0.05, 0.1) is 32.5 Å². The fraction of sp³-hybridized carbons (Fsp3) is 0.344. The van der Waals surface area contributed by atoms with Crippen LogP contribution in [0.3, 0.4) is 0 Å². The van der Waals surface area contributed by atoms with Crippen molar-refractivity contribution in [3.05, 3.63) is 82.4 Å². The SMILES string of the molecule is CCc1cc(OC)cc(C(=O)OCC(CCC(=O)c2cc(O)cc(OC)c2)OC(=O)c2cc(CC)cc(OC)c2)c1. The van der Waals surface area contributed by atoms with Gasteiger partial charge in [-0.25, -0.2) is 9.59 Å². The van der Waals surface area contributed by atoms with Gasteiger partial charge in [0.1, 0.15) is 35.7 Å². The van der Waals surface area contributed by atoms with Gasteiger partial charge in [-0.15, -0.1) is 0 Å². The third-order valence-electron chi connectivity index (χ3n) is 6.51. The monoisotopic (exact) mass is 564 g/mol. The van der Waals surface area contributed by atoms with E-state index in [4.69, 9.17) is 23.7 Å². The summed E-state index contributed by atoms with van der Waals surface area (Å²) in [6.45, 7) is 3.64. The molecule has 0 bridgehead atoms. The normalized spacial score (nSPS) is 11.3. The van der Waals surface area contributed by atoms with Crippen molar-refractivity contribution in [1.29, 1.82) is 0 Å². The van der Waals surface area contributed by atoms with Crippen molar-refractivity contribution in [1.82, 2.24) is 0 Å². The zero-order valence-corrected chi connectivity index (χ0v) is 24.0. The van der Waals surface area contributed by atoms with Crippen LogP contribution in [0.1, 0.15) is 68.9 Å². The molecule has 0 amide bonds. The van der Waals surface area contributed by atoms with Gasteiger partial charge in [0.25, 0.3) is 0 Å². The maximum absolute atomic E-state index is 13.1. The van der Waals surface area contributed by atoms with Crippen LogP contribution in [0.2, 0.25) is 0 Å². The van der Waals surface area contributed by atoms with Crippen molar-refractivity contribution in [3.63, 3.8) is 0 Å². The highest BCUT2D eigenvalue weighted by Crippen LogP contribution is 2.24. The van der Waals surface area contributed by atoms with E-state index in [1.807, 2.05) is 26.0 Å². The minimum atomic E-state index is -0.929. The van der Waals surface area contributed by atoms with Crippen molar-refractivity contribution < 1.29 is 43.2 Å². The lowest BCUT2D eigenvalue weighted by Crippen LogP contribution is -2.26. The summed E-state index contributed by atoms with van der Waals surface area (Å²) in [7, 11) is 4.46. The van der Waals surface area contributed by atoms with Crippen LogP contribution in [-0.2, 0) is 22.3 Å². The van der Waals surface area contributed by atoms with Crippen molar-refractivity contribution in [2.24, 2.45) is 0 Å². The molecule has 0 heterocycles. The maximum Gasteiger partial charge on any atom is 0.338 e. The quantitative estimate of drug-likeness (QED) is 0.198. The number of methoxy groups -OCH3 is 3. The molecule has 0 aliphatic rings. The smallest absolute Gasteiger partial charge is 0.338 e. The molecular weight excluding hydrogens is 528 g/mol. The molecule has 3 aromatic rings. The van der Waals surface area contributed by atoms with Gasteiger partial charge in [-0.3, -0.25) is 4.79 Å². The Labute approximate surface area is 240 Å². The van der Waals surface area contributed by atoms with Crippen LogP contribution in [0.5, 0.6) is 23.0 Å². The number of aromatic hydroxyl groups is 1. The van der Waals surface area contributed by atoms with E-state index in [1.165, 1.54) is 39.5 Å². The molecule has 1 N–H and O–H groups in total. The van der Waals surface area contributed by atoms with Crippen LogP contribution in [0.4, 0.5) is 0 Å². The van der Waals surface area contributed by atoms with E-state index in [0.29, 0.717) is 35.7 Å². The van der Waals surface area contributed by atoms with Crippen LogP contribution in [0.15, 0.2) is 54.6 Å². The Bertz CT molecular complexity index is 1340. The number of hydrogen-bond donors (Lipinski definition) is 1. The predicted octanol–water partition coefficient (Wildman–Crippen LogP) is 5.59. The van der Waals surface area contributed by atoms with Gasteiger partial charge in [-0.05, 0) is 78.9 Å². The summed E-state index contributed by atoms with van der Waals surface area (Å²) < 4.78 is 27.0. The third kappa shape index (κ3) is 8.73. The maximum atomic E-state index is 13.1. The first kappa shape index (κ1) is 31.0. The molecule has 9 heteroatoms. The molecule has 0 fully saturated rings. The van der Waals surface area contributed by atoms with E-state index in [0.717, 1.165) is 11.1 Å². The molecule has 218 valence electrons. The van der Waals surface area contributed by atoms with Crippen LogP contribution in [-0.4, -0.2) is 56.9 Å². The summed E-state index contributed by atoms with van der Waals surface area (Å²) in [5.74, 6) is -0.298. The summed E-state index contributed by atoms with van der Waals surface area (Å²) >= 11 is 0. The lowest BCUT2D eigenvalue weighted by Gasteiger charge is -2.19. The minimum absolute atomic E-state index is 0.0421. The highest BCUT2D eigenvalue weighted by molar-refractivity contribution is 5.97. The van der Waals surface area contributed by atoms with E-state index in [1.54, 1.807) is 24.3 Å². The second-order valence-electron chi connectivity index (χ2n) is 9.35. The number of aryl methyl sites for hydroxylation is 2. The topological polar surface area (TPSA) is 118 Å². The number of carbonyl (C=O) groups excluding carboxylic acids is 3. The zero-order chi connectivity index (χ0) is 29.9. The van der Waals surface area contributed by atoms with E-state index >= 15 is 0 Å². The molecule has 3 aromatic carbocycles. The largest absolute Gasteiger partial charge is 0.508 e. The van der Waals surface area contributed by atoms with E-state index < -0.39 is 18.0 Å². The summed E-state index contributed by atoms with van der Waals surface area (Å²) in [5, 5.41) is 9.93. The fourth-order valence-electron chi connectivity index (χ4n) is 4.15. The molecule has 9 nitrogen and oxygen atoms in total. The lowest BCUT2D eigenvalue weighted by atomic mass is 10.0. The summed E-state index contributed by atoms with van der Waals surface area (Å²) in [6, 6.07) is 14.5. The zero-order valence-electron chi connectivity index (χ0n) is 24.0. The molecule has 0 aliphatic heterocycles. The first-order chi connectivity index (χ1) is 19.7. The predicted molar refractivity (Wildman–Crippen MR) is 152 cm³/mol. The molecule has 1 atom stereocenters. The number of phenolic OH excluding ortho intramolecular Hbond substituents is 1. The van der Waals surface area contributed by atoms with E-state index in [9.17, 15) is 19.5 Å². The molecule has 0 aliphatic carbocycles. The molecule has 1 unspecified atom stereocenters. The summed E-state index contributed by atoms with van der Waals surface area (Å²) in [6.07, 6.45) is 0.473. The molecule has 0 spiro atoms. The average Bonchev–Trinajstić information content (AvgIpc) is 3.00. The van der Waals surface area contributed by atoms with Crippen LogP contribution in [0, 0.1) is 0 Å². The van der Waals surface area contributed by atoms with Crippen molar-refractivity contribution in [2.45, 2.75) is 45.6 Å². The Balaban J connectivity index is 1.80. The highest BCUT2D eigenvalue weighted by Gasteiger charge is 2.22. The van der Waals surface area contributed by atoms with Crippen molar-refractivity contribution >= 4 is 17.7 Å². The Morgan fingerprint density at radius 3 is 1.73 bits per heavy atom. The Kier molecular flexibility index (Phi) is 11.1. The molecule has 0 aromatic heterocycles. The molecule has 0 saturated heterocycles. The molecule has 0 saturated carbocycles. The van der Waals surface area contributed by atoms with E-state index in [-0.39, 0.29) is 42.1 Å². The lowest BCUT2D eigenvalue weighted by molar-refractivity contribution is -0.00303. The number of esters is 2. The van der Waals surface area contributed by atoms with Gasteiger partial charge in [0, 0.05) is 18.1 Å². The molecule has 0 radical (unpaired) electrons. The first-order valence-corrected chi connectivity index (χ1v) is 13.3. The van der Waals surface area contributed by atoms with Gasteiger partial charge in [-0.2, -0.15) is 0 Å². The number of ether oxygens (including phenoxy) is 5. The number of phenols is 1.